The number of amides is 1. The van der Waals surface area contributed by atoms with Gasteiger partial charge in [0.15, 0.2) is 0 Å². The molecular weight excluding hydrogens is 230 g/mol. The van der Waals surface area contributed by atoms with Crippen LogP contribution in [0, 0.1) is 0 Å². The summed E-state index contributed by atoms with van der Waals surface area (Å²) < 4.78 is 0. The summed E-state index contributed by atoms with van der Waals surface area (Å²) in [4.78, 5) is 18.3. The topological polar surface area (TPSA) is 73.9 Å². The van der Waals surface area contributed by atoms with Gasteiger partial charge in [0.05, 0.1) is 0 Å². The Labute approximate surface area is 106 Å². The van der Waals surface area contributed by atoms with Crippen LogP contribution < -0.4 is 5.32 Å². The number of nitrogens with zero attached hydrogens (tertiary/aromatic N) is 3. The number of H-pyrrole nitrogens is 1. The zero-order valence-electron chi connectivity index (χ0n) is 10.6. The number of carbonyl (C=O) groups excluding carboxylic acids is 1. The number of hydrogen-bond donors (Lipinski definition) is 2. The zero-order valence-corrected chi connectivity index (χ0v) is 10.6. The van der Waals surface area contributed by atoms with Gasteiger partial charge in [0, 0.05) is 25.0 Å². The fourth-order valence-corrected chi connectivity index (χ4v) is 2.04. The lowest BCUT2D eigenvalue weighted by Crippen LogP contribution is -2.34. The second kappa shape index (κ2) is 4.68. The molecule has 1 aromatic heterocycles. The van der Waals surface area contributed by atoms with Crippen molar-refractivity contribution in [3.8, 4) is 0 Å². The van der Waals surface area contributed by atoms with E-state index in [-0.39, 0.29) is 11.7 Å². The fourth-order valence-electron chi connectivity index (χ4n) is 2.04. The van der Waals surface area contributed by atoms with Gasteiger partial charge in [-0.15, -0.1) is 5.10 Å². The molecule has 2 N–H and O–H groups in total. The van der Waals surface area contributed by atoms with Gasteiger partial charge in [-0.1, -0.05) is 0 Å². The van der Waals surface area contributed by atoms with Crippen LogP contribution in [0.15, 0.2) is 0 Å². The molecule has 2 saturated carbocycles. The Balaban J connectivity index is 1.44. The average molecular weight is 249 g/mol. The average Bonchev–Trinajstić information content (AvgIpc) is 3.27. The molecule has 0 saturated heterocycles. The molecule has 0 unspecified atom stereocenters. The maximum atomic E-state index is 11.8. The molecule has 1 heterocycles. The van der Waals surface area contributed by atoms with E-state index in [1.807, 2.05) is 0 Å². The first kappa shape index (κ1) is 11.6. The van der Waals surface area contributed by atoms with E-state index < -0.39 is 0 Å². The van der Waals surface area contributed by atoms with Crippen LogP contribution in [-0.4, -0.2) is 52.2 Å². The Morgan fingerprint density at radius 1 is 1.44 bits per heavy atom. The molecular formula is C12H19N5O. The SMILES string of the molecule is CN(CCNC(=O)c1n[nH]c(C2CC2)n1)C1CC1. The third-order valence-corrected chi connectivity index (χ3v) is 3.59. The van der Waals surface area contributed by atoms with Crippen molar-refractivity contribution in [3.63, 3.8) is 0 Å². The minimum absolute atomic E-state index is 0.178. The first-order valence-electron chi connectivity index (χ1n) is 6.65. The summed E-state index contributed by atoms with van der Waals surface area (Å²) in [6.07, 6.45) is 4.89. The molecule has 0 bridgehead atoms. The summed E-state index contributed by atoms with van der Waals surface area (Å²) in [5, 5.41) is 9.66. The molecule has 1 amide bonds. The first-order chi connectivity index (χ1) is 8.74. The minimum atomic E-state index is -0.178. The maximum Gasteiger partial charge on any atom is 0.291 e. The molecule has 0 radical (unpaired) electrons. The van der Waals surface area contributed by atoms with Crippen molar-refractivity contribution in [2.75, 3.05) is 20.1 Å². The van der Waals surface area contributed by atoms with Crippen LogP contribution in [0.2, 0.25) is 0 Å². The van der Waals surface area contributed by atoms with Crippen molar-refractivity contribution in [2.45, 2.75) is 37.6 Å². The summed E-state index contributed by atoms with van der Waals surface area (Å²) in [7, 11) is 2.10. The van der Waals surface area contributed by atoms with E-state index in [0.717, 1.165) is 31.3 Å². The van der Waals surface area contributed by atoms with Crippen LogP contribution in [0.1, 0.15) is 48.0 Å². The van der Waals surface area contributed by atoms with Crippen LogP contribution in [-0.2, 0) is 0 Å². The molecule has 0 aliphatic heterocycles. The number of nitrogens with one attached hydrogen (secondary N) is 2. The number of rotatable bonds is 6. The molecule has 6 heteroatoms. The van der Waals surface area contributed by atoms with Crippen molar-refractivity contribution in [2.24, 2.45) is 0 Å². The third kappa shape index (κ3) is 2.69. The summed E-state index contributed by atoms with van der Waals surface area (Å²) >= 11 is 0. The standard InChI is InChI=1S/C12H19N5O/c1-17(9-4-5-9)7-6-13-12(18)11-14-10(15-16-11)8-2-3-8/h8-9H,2-7H2,1H3,(H,13,18)(H,14,15,16). The van der Waals surface area contributed by atoms with Gasteiger partial charge in [0.25, 0.3) is 5.91 Å². The molecule has 2 aliphatic rings. The summed E-state index contributed by atoms with van der Waals surface area (Å²) in [6, 6.07) is 0.729. The zero-order chi connectivity index (χ0) is 12.5. The van der Waals surface area contributed by atoms with Crippen LogP contribution >= 0.6 is 0 Å². The number of hydrogen-bond acceptors (Lipinski definition) is 4. The predicted molar refractivity (Wildman–Crippen MR) is 66.3 cm³/mol. The Kier molecular flexibility index (Phi) is 3.03. The van der Waals surface area contributed by atoms with Gasteiger partial charge in [-0.2, -0.15) is 0 Å². The van der Waals surface area contributed by atoms with Gasteiger partial charge in [-0.05, 0) is 32.7 Å². The second-order valence-corrected chi connectivity index (χ2v) is 5.29. The van der Waals surface area contributed by atoms with E-state index in [9.17, 15) is 4.79 Å². The van der Waals surface area contributed by atoms with Gasteiger partial charge in [-0.25, -0.2) is 4.98 Å². The second-order valence-electron chi connectivity index (χ2n) is 5.29. The molecule has 2 fully saturated rings. The Morgan fingerprint density at radius 2 is 2.22 bits per heavy atom. The van der Waals surface area contributed by atoms with E-state index in [1.165, 1.54) is 12.8 Å². The number of aromatic nitrogens is 3. The van der Waals surface area contributed by atoms with Gasteiger partial charge >= 0.3 is 0 Å². The molecule has 2 aliphatic carbocycles. The molecule has 18 heavy (non-hydrogen) atoms. The molecule has 3 rings (SSSR count). The lowest BCUT2D eigenvalue weighted by atomic mass is 10.4. The molecule has 98 valence electrons. The molecule has 0 atom stereocenters. The largest absolute Gasteiger partial charge is 0.348 e. The highest BCUT2D eigenvalue weighted by Gasteiger charge is 2.28. The highest BCUT2D eigenvalue weighted by Crippen LogP contribution is 2.37. The van der Waals surface area contributed by atoms with E-state index in [0.29, 0.717) is 12.5 Å². The van der Waals surface area contributed by atoms with Crippen LogP contribution in [0.25, 0.3) is 0 Å². The van der Waals surface area contributed by atoms with Crippen molar-refractivity contribution >= 4 is 5.91 Å². The van der Waals surface area contributed by atoms with Crippen LogP contribution in [0.4, 0.5) is 0 Å². The Hall–Kier alpha value is -1.43. The Morgan fingerprint density at radius 3 is 2.89 bits per heavy atom. The van der Waals surface area contributed by atoms with E-state index in [2.05, 4.69) is 32.4 Å². The summed E-state index contributed by atoms with van der Waals surface area (Å²) in [6.45, 7) is 1.54. The van der Waals surface area contributed by atoms with Crippen LogP contribution in [0.5, 0.6) is 0 Å². The minimum Gasteiger partial charge on any atom is -0.348 e. The quantitative estimate of drug-likeness (QED) is 0.770. The lowest BCUT2D eigenvalue weighted by molar-refractivity contribution is 0.0939. The summed E-state index contributed by atoms with van der Waals surface area (Å²) in [5.74, 6) is 1.45. The number of likely N-dealkylation sites (N-methyl/N-ethyl adjacent to an activating group) is 1. The van der Waals surface area contributed by atoms with E-state index in [4.69, 9.17) is 0 Å². The van der Waals surface area contributed by atoms with Crippen LogP contribution in [0.3, 0.4) is 0 Å². The summed E-state index contributed by atoms with van der Waals surface area (Å²) in [5.41, 5.74) is 0. The molecule has 0 spiro atoms. The van der Waals surface area contributed by atoms with Crippen molar-refractivity contribution in [1.82, 2.24) is 25.4 Å². The van der Waals surface area contributed by atoms with Crippen molar-refractivity contribution < 1.29 is 4.79 Å². The fraction of sp³-hybridized carbons (Fsp3) is 0.750. The van der Waals surface area contributed by atoms with Crippen molar-refractivity contribution in [1.29, 1.82) is 0 Å². The molecule has 1 aromatic rings. The van der Waals surface area contributed by atoms with Gasteiger partial charge in [-0.3, -0.25) is 9.89 Å². The maximum absolute atomic E-state index is 11.8. The Bertz CT molecular complexity index is 435. The predicted octanol–water partition coefficient (Wildman–Crippen LogP) is 0.506. The van der Waals surface area contributed by atoms with Crippen molar-refractivity contribution in [3.05, 3.63) is 11.6 Å². The highest BCUT2D eigenvalue weighted by atomic mass is 16.2. The van der Waals surface area contributed by atoms with E-state index in [1.54, 1.807) is 0 Å². The van der Waals surface area contributed by atoms with Gasteiger partial charge in [0.1, 0.15) is 5.82 Å². The smallest absolute Gasteiger partial charge is 0.291 e. The third-order valence-electron chi connectivity index (χ3n) is 3.59. The lowest BCUT2D eigenvalue weighted by Gasteiger charge is -2.15. The first-order valence-corrected chi connectivity index (χ1v) is 6.65. The number of carbonyl (C=O) groups is 1. The normalized spacial score (nSPS) is 19.2. The molecule has 0 aromatic carbocycles. The number of aromatic amines is 1. The van der Waals surface area contributed by atoms with Gasteiger partial charge < -0.3 is 10.2 Å². The monoisotopic (exact) mass is 249 g/mol. The highest BCUT2D eigenvalue weighted by molar-refractivity contribution is 5.90. The van der Waals surface area contributed by atoms with Gasteiger partial charge in [0.2, 0.25) is 5.82 Å². The molecule has 6 nitrogen and oxygen atoms in total. The van der Waals surface area contributed by atoms with E-state index >= 15 is 0 Å².